The molecule has 0 fully saturated rings. The molecule has 4 nitrogen and oxygen atoms in total. The Morgan fingerprint density at radius 2 is 1.77 bits per heavy atom. The molecule has 22 heavy (non-hydrogen) atoms. The lowest BCUT2D eigenvalue weighted by Gasteiger charge is -2.05. The minimum absolute atomic E-state index is 0.263. The van der Waals surface area contributed by atoms with Crippen LogP contribution in [0.5, 0.6) is 0 Å². The summed E-state index contributed by atoms with van der Waals surface area (Å²) in [6, 6.07) is 12.8. The Balaban J connectivity index is 1.92. The summed E-state index contributed by atoms with van der Waals surface area (Å²) in [5.41, 5.74) is 5.18. The van der Waals surface area contributed by atoms with Gasteiger partial charge in [-0.05, 0) is 36.4 Å². The third-order valence-corrected chi connectivity index (χ3v) is 3.20. The van der Waals surface area contributed by atoms with Gasteiger partial charge in [-0.25, -0.2) is 4.39 Å². The molecule has 0 aliphatic heterocycles. The van der Waals surface area contributed by atoms with Crippen LogP contribution in [0.1, 0.15) is 15.9 Å². The number of hydrogen-bond donors (Lipinski definition) is 2. The Labute approximate surface area is 135 Å². The average molecular weight is 363 g/mol. The second kappa shape index (κ2) is 7.51. The van der Waals surface area contributed by atoms with Crippen molar-refractivity contribution in [3.8, 4) is 0 Å². The number of rotatable bonds is 3. The van der Waals surface area contributed by atoms with Crippen molar-refractivity contribution in [1.29, 1.82) is 0 Å². The molecule has 0 aliphatic rings. The summed E-state index contributed by atoms with van der Waals surface area (Å²) in [5.74, 6) is -1.44. The van der Waals surface area contributed by atoms with Crippen LogP contribution in [0.2, 0.25) is 0 Å². The highest BCUT2D eigenvalue weighted by atomic mass is 79.9. The molecule has 2 amide bonds. The number of halogens is 2. The molecular weight excluding hydrogens is 351 g/mol. The highest BCUT2D eigenvalue weighted by Gasteiger charge is 2.05. The number of benzene rings is 2. The molecule has 0 bridgehead atoms. The fraction of sp³-hybridized carbons (Fsp3) is 0. The van der Waals surface area contributed by atoms with E-state index < -0.39 is 17.6 Å². The molecule has 0 aromatic heterocycles. The van der Waals surface area contributed by atoms with E-state index in [1.807, 2.05) is 0 Å². The Kier molecular flexibility index (Phi) is 5.43. The Morgan fingerprint density at radius 1 is 1.05 bits per heavy atom. The molecule has 0 unspecified atom stereocenters. The lowest BCUT2D eigenvalue weighted by atomic mass is 10.2. The van der Waals surface area contributed by atoms with Gasteiger partial charge in [-0.1, -0.05) is 34.1 Å². The van der Waals surface area contributed by atoms with E-state index in [4.69, 9.17) is 0 Å². The number of nitrogens with one attached hydrogen (secondary N) is 2. The van der Waals surface area contributed by atoms with Crippen LogP contribution in [-0.4, -0.2) is 11.8 Å². The maximum absolute atomic E-state index is 13.5. The average Bonchev–Trinajstić information content (AvgIpc) is 2.54. The monoisotopic (exact) mass is 362 g/mol. The first-order chi connectivity index (χ1) is 10.6. The van der Waals surface area contributed by atoms with Crippen LogP contribution in [0.4, 0.5) is 4.39 Å². The van der Waals surface area contributed by atoms with Gasteiger partial charge >= 0.3 is 0 Å². The van der Waals surface area contributed by atoms with Crippen LogP contribution in [0.25, 0.3) is 6.08 Å². The molecule has 0 saturated heterocycles. The first kappa shape index (κ1) is 15.9. The topological polar surface area (TPSA) is 58.2 Å². The van der Waals surface area contributed by atoms with E-state index in [0.29, 0.717) is 10.0 Å². The highest BCUT2D eigenvalue weighted by molar-refractivity contribution is 9.10. The largest absolute Gasteiger partial charge is 0.269 e. The molecule has 2 N–H and O–H groups in total. The van der Waals surface area contributed by atoms with E-state index in [1.54, 1.807) is 42.5 Å². The quantitative estimate of drug-likeness (QED) is 0.651. The van der Waals surface area contributed by atoms with Gasteiger partial charge in [0.2, 0.25) is 0 Å². The number of hydrogen-bond acceptors (Lipinski definition) is 2. The lowest BCUT2D eigenvalue weighted by Crippen LogP contribution is -2.40. The van der Waals surface area contributed by atoms with E-state index in [1.165, 1.54) is 12.1 Å². The number of amides is 2. The molecule has 0 radical (unpaired) electrons. The molecule has 2 rings (SSSR count). The fourth-order valence-electron chi connectivity index (χ4n) is 1.63. The predicted octanol–water partition coefficient (Wildman–Crippen LogP) is 3.06. The lowest BCUT2D eigenvalue weighted by molar-refractivity contribution is -0.117. The summed E-state index contributed by atoms with van der Waals surface area (Å²) in [4.78, 5) is 23.3. The van der Waals surface area contributed by atoms with Crippen molar-refractivity contribution >= 4 is 33.8 Å². The van der Waals surface area contributed by atoms with Gasteiger partial charge in [-0.3, -0.25) is 20.4 Å². The first-order valence-electron chi connectivity index (χ1n) is 6.35. The summed E-state index contributed by atoms with van der Waals surface area (Å²) in [7, 11) is 0. The zero-order valence-corrected chi connectivity index (χ0v) is 12.9. The molecule has 2 aromatic carbocycles. The van der Waals surface area contributed by atoms with Gasteiger partial charge in [-0.15, -0.1) is 0 Å². The van der Waals surface area contributed by atoms with Crippen LogP contribution < -0.4 is 10.9 Å². The van der Waals surface area contributed by atoms with Crippen molar-refractivity contribution in [3.05, 3.63) is 76.0 Å². The van der Waals surface area contributed by atoms with Crippen molar-refractivity contribution in [2.75, 3.05) is 0 Å². The van der Waals surface area contributed by atoms with Crippen molar-refractivity contribution < 1.29 is 14.0 Å². The molecule has 0 spiro atoms. The van der Waals surface area contributed by atoms with E-state index in [0.717, 1.165) is 6.08 Å². The van der Waals surface area contributed by atoms with Gasteiger partial charge in [0.15, 0.2) is 0 Å². The zero-order chi connectivity index (χ0) is 15.9. The molecule has 0 saturated carbocycles. The third kappa shape index (κ3) is 4.53. The summed E-state index contributed by atoms with van der Waals surface area (Å²) < 4.78 is 14.2. The van der Waals surface area contributed by atoms with Gasteiger partial charge in [0.05, 0.1) is 0 Å². The van der Waals surface area contributed by atoms with Gasteiger partial charge < -0.3 is 0 Å². The number of hydrazine groups is 1. The highest BCUT2D eigenvalue weighted by Crippen LogP contribution is 2.16. The fourth-order valence-corrected chi connectivity index (χ4v) is 2.01. The van der Waals surface area contributed by atoms with E-state index in [2.05, 4.69) is 26.8 Å². The van der Waals surface area contributed by atoms with Crippen molar-refractivity contribution in [1.82, 2.24) is 10.9 Å². The predicted molar refractivity (Wildman–Crippen MR) is 85.2 cm³/mol. The van der Waals surface area contributed by atoms with Crippen molar-refractivity contribution in [2.45, 2.75) is 0 Å². The van der Waals surface area contributed by atoms with Crippen LogP contribution >= 0.6 is 15.9 Å². The minimum Gasteiger partial charge on any atom is -0.268 e. The van der Waals surface area contributed by atoms with Crippen LogP contribution in [-0.2, 0) is 4.79 Å². The smallest absolute Gasteiger partial charge is 0.268 e. The molecule has 6 heteroatoms. The Bertz CT molecular complexity index is 717. The van der Waals surface area contributed by atoms with Gasteiger partial charge in [0, 0.05) is 21.7 Å². The van der Waals surface area contributed by atoms with Gasteiger partial charge in [0.1, 0.15) is 5.82 Å². The maximum Gasteiger partial charge on any atom is 0.269 e. The maximum atomic E-state index is 13.5. The standard InChI is InChI=1S/C16H12BrFN2O2/c17-13-7-8-14(18)12(10-13)6-9-15(21)19-20-16(22)11-4-2-1-3-5-11/h1-10H,(H,19,21)(H,20,22)/b9-6+. The van der Waals surface area contributed by atoms with Crippen LogP contribution in [0, 0.1) is 5.82 Å². The van der Waals surface area contributed by atoms with Gasteiger partial charge in [-0.2, -0.15) is 0 Å². The van der Waals surface area contributed by atoms with Crippen molar-refractivity contribution in [3.63, 3.8) is 0 Å². The second-order valence-corrected chi connectivity index (χ2v) is 5.22. The SMILES string of the molecule is O=C(/C=C/c1cc(Br)ccc1F)NNC(=O)c1ccccc1. The first-order valence-corrected chi connectivity index (χ1v) is 7.14. The molecule has 0 heterocycles. The summed E-state index contributed by atoms with van der Waals surface area (Å²) in [6.45, 7) is 0. The van der Waals surface area contributed by atoms with Gasteiger partial charge in [0.25, 0.3) is 11.8 Å². The van der Waals surface area contributed by atoms with Crippen LogP contribution in [0.3, 0.4) is 0 Å². The van der Waals surface area contributed by atoms with Crippen molar-refractivity contribution in [2.24, 2.45) is 0 Å². The third-order valence-electron chi connectivity index (χ3n) is 2.71. The Morgan fingerprint density at radius 3 is 2.50 bits per heavy atom. The van der Waals surface area contributed by atoms with E-state index in [-0.39, 0.29) is 5.56 Å². The molecule has 0 aliphatic carbocycles. The zero-order valence-electron chi connectivity index (χ0n) is 11.3. The number of carbonyl (C=O) groups excluding carboxylic acids is 2. The molecule has 0 atom stereocenters. The second-order valence-electron chi connectivity index (χ2n) is 4.31. The van der Waals surface area contributed by atoms with E-state index >= 15 is 0 Å². The molecule has 2 aromatic rings. The minimum atomic E-state index is -0.566. The molecule has 112 valence electrons. The number of carbonyl (C=O) groups is 2. The summed E-state index contributed by atoms with van der Waals surface area (Å²) >= 11 is 3.22. The summed E-state index contributed by atoms with van der Waals surface area (Å²) in [5, 5.41) is 0. The van der Waals surface area contributed by atoms with E-state index in [9.17, 15) is 14.0 Å². The normalized spacial score (nSPS) is 10.5. The van der Waals surface area contributed by atoms with Crippen LogP contribution in [0.15, 0.2) is 59.1 Å². The molecular formula is C16H12BrFN2O2. The summed E-state index contributed by atoms with van der Waals surface area (Å²) in [6.07, 6.45) is 2.46. The Hall–Kier alpha value is -2.47.